The molecule has 0 aromatic heterocycles. The zero-order valence-corrected chi connectivity index (χ0v) is 5.76. The van der Waals surface area contributed by atoms with Gasteiger partial charge in [-0.2, -0.15) is 0 Å². The van der Waals surface area contributed by atoms with Crippen LogP contribution in [-0.2, 0) is 0 Å². The maximum Gasteiger partial charge on any atom is 0.128 e. The number of aliphatic imine (C=N–C) groups is 2. The van der Waals surface area contributed by atoms with Crippen molar-refractivity contribution < 1.29 is 0 Å². The van der Waals surface area contributed by atoms with E-state index in [0.29, 0.717) is 0 Å². The molecule has 0 fully saturated rings. The van der Waals surface area contributed by atoms with Crippen molar-refractivity contribution in [2.45, 2.75) is 20.3 Å². The molecular formula is C7H10N2. The first-order chi connectivity index (χ1) is 4.36. The van der Waals surface area contributed by atoms with Gasteiger partial charge in [-0.15, -0.1) is 0 Å². The highest BCUT2D eigenvalue weighted by atomic mass is 15.0. The molecule has 9 heavy (non-hydrogen) atoms. The molecule has 0 spiro atoms. The molecule has 48 valence electrons. The molecule has 0 amide bonds. The van der Waals surface area contributed by atoms with Crippen LogP contribution in [0.4, 0.5) is 0 Å². The third-order valence-electron chi connectivity index (χ3n) is 1.22. The number of hydrogen-bond donors (Lipinski definition) is 0. The van der Waals surface area contributed by atoms with Crippen molar-refractivity contribution in [1.29, 1.82) is 0 Å². The van der Waals surface area contributed by atoms with E-state index >= 15 is 0 Å². The quantitative estimate of drug-likeness (QED) is 0.506. The summed E-state index contributed by atoms with van der Waals surface area (Å²) in [7, 11) is 0. The predicted octanol–water partition coefficient (Wildman–Crippen LogP) is 1.78. The maximum absolute atomic E-state index is 4.18. The molecule has 2 heteroatoms. The van der Waals surface area contributed by atoms with Gasteiger partial charge in [0.05, 0.1) is 11.9 Å². The molecule has 1 aliphatic heterocycles. The van der Waals surface area contributed by atoms with Gasteiger partial charge in [0.15, 0.2) is 0 Å². The highest BCUT2D eigenvalue weighted by Crippen LogP contribution is 2.04. The van der Waals surface area contributed by atoms with Crippen LogP contribution >= 0.6 is 0 Å². The third kappa shape index (κ3) is 1.25. The highest BCUT2D eigenvalue weighted by molar-refractivity contribution is 6.01. The standard InChI is InChI=1S/C7H10N2/c1-3-6-5-8-7(4-2)9-6/h3,5H,4H2,1-2H3. The predicted molar refractivity (Wildman–Crippen MR) is 40.0 cm³/mol. The minimum absolute atomic E-state index is 0.924. The Labute approximate surface area is 55.0 Å². The second kappa shape index (κ2) is 2.58. The van der Waals surface area contributed by atoms with Crippen molar-refractivity contribution in [2.24, 2.45) is 9.98 Å². The smallest absolute Gasteiger partial charge is 0.128 e. The minimum Gasteiger partial charge on any atom is -0.239 e. The summed E-state index contributed by atoms with van der Waals surface area (Å²) in [5, 5.41) is 0. The number of amidine groups is 1. The van der Waals surface area contributed by atoms with E-state index in [1.807, 2.05) is 13.0 Å². The fourth-order valence-corrected chi connectivity index (χ4v) is 0.657. The molecule has 0 aromatic carbocycles. The van der Waals surface area contributed by atoms with E-state index in [9.17, 15) is 0 Å². The molecule has 0 radical (unpaired) electrons. The second-order valence-electron chi connectivity index (χ2n) is 1.85. The zero-order valence-electron chi connectivity index (χ0n) is 5.76. The highest BCUT2D eigenvalue weighted by Gasteiger charge is 1.99. The van der Waals surface area contributed by atoms with Crippen molar-refractivity contribution in [2.75, 3.05) is 0 Å². The normalized spacial score (nSPS) is 21.1. The Morgan fingerprint density at radius 2 is 2.44 bits per heavy atom. The van der Waals surface area contributed by atoms with Gasteiger partial charge in [-0.1, -0.05) is 13.0 Å². The summed E-state index contributed by atoms with van der Waals surface area (Å²) in [5.74, 6) is 0.933. The van der Waals surface area contributed by atoms with Crippen molar-refractivity contribution in [1.82, 2.24) is 0 Å². The van der Waals surface area contributed by atoms with Crippen molar-refractivity contribution in [3.05, 3.63) is 11.8 Å². The molecule has 0 atom stereocenters. The summed E-state index contributed by atoms with van der Waals surface area (Å²) in [6, 6.07) is 0. The van der Waals surface area contributed by atoms with E-state index in [4.69, 9.17) is 0 Å². The lowest BCUT2D eigenvalue weighted by Crippen LogP contribution is -1.82. The van der Waals surface area contributed by atoms with Crippen LogP contribution in [0.5, 0.6) is 0 Å². The van der Waals surface area contributed by atoms with Gasteiger partial charge in [0.25, 0.3) is 0 Å². The minimum atomic E-state index is 0.924. The summed E-state index contributed by atoms with van der Waals surface area (Å²) in [6.45, 7) is 4.01. The summed E-state index contributed by atoms with van der Waals surface area (Å²) in [4.78, 5) is 8.24. The molecule has 0 saturated carbocycles. The first-order valence-corrected chi connectivity index (χ1v) is 3.14. The van der Waals surface area contributed by atoms with Crippen LogP contribution in [0.2, 0.25) is 0 Å². The summed E-state index contributed by atoms with van der Waals surface area (Å²) < 4.78 is 0. The molecule has 0 saturated heterocycles. The molecular weight excluding hydrogens is 112 g/mol. The largest absolute Gasteiger partial charge is 0.239 e. The van der Waals surface area contributed by atoms with E-state index in [0.717, 1.165) is 18.0 Å². The average Bonchev–Trinajstić information content (AvgIpc) is 2.34. The Kier molecular flexibility index (Phi) is 1.78. The first kappa shape index (κ1) is 6.20. The fourth-order valence-electron chi connectivity index (χ4n) is 0.657. The van der Waals surface area contributed by atoms with Crippen LogP contribution in [0.15, 0.2) is 21.8 Å². The second-order valence-corrected chi connectivity index (χ2v) is 1.85. The van der Waals surface area contributed by atoms with Crippen molar-refractivity contribution in [3.63, 3.8) is 0 Å². The Hall–Kier alpha value is -0.920. The van der Waals surface area contributed by atoms with Crippen LogP contribution < -0.4 is 0 Å². The summed E-state index contributed by atoms with van der Waals surface area (Å²) in [6.07, 6.45) is 4.67. The number of nitrogens with zero attached hydrogens (tertiary/aromatic N) is 2. The van der Waals surface area contributed by atoms with Gasteiger partial charge in [0, 0.05) is 6.42 Å². The molecule has 1 rings (SSSR count). The molecule has 0 bridgehead atoms. The van der Waals surface area contributed by atoms with Gasteiger partial charge in [-0.25, -0.2) is 9.98 Å². The summed E-state index contributed by atoms with van der Waals surface area (Å²) in [5.41, 5.74) is 0.979. The molecule has 1 aliphatic rings. The van der Waals surface area contributed by atoms with Crippen LogP contribution in [0.3, 0.4) is 0 Å². The van der Waals surface area contributed by atoms with E-state index in [1.54, 1.807) is 6.21 Å². The fraction of sp³-hybridized carbons (Fsp3) is 0.429. The van der Waals surface area contributed by atoms with Gasteiger partial charge >= 0.3 is 0 Å². The van der Waals surface area contributed by atoms with Gasteiger partial charge in [-0.05, 0) is 6.92 Å². The van der Waals surface area contributed by atoms with Crippen LogP contribution in [0, 0.1) is 0 Å². The molecule has 1 heterocycles. The summed E-state index contributed by atoms with van der Waals surface area (Å²) >= 11 is 0. The van der Waals surface area contributed by atoms with Gasteiger partial charge in [-0.3, -0.25) is 0 Å². The third-order valence-corrected chi connectivity index (χ3v) is 1.22. The van der Waals surface area contributed by atoms with E-state index in [-0.39, 0.29) is 0 Å². The first-order valence-electron chi connectivity index (χ1n) is 3.14. The Morgan fingerprint density at radius 3 is 2.78 bits per heavy atom. The molecule has 0 N–H and O–H groups in total. The number of hydrogen-bond acceptors (Lipinski definition) is 2. The monoisotopic (exact) mass is 122 g/mol. The van der Waals surface area contributed by atoms with Crippen LogP contribution in [-0.4, -0.2) is 12.1 Å². The number of rotatable bonds is 1. The Balaban J connectivity index is 2.74. The van der Waals surface area contributed by atoms with Gasteiger partial charge < -0.3 is 0 Å². The van der Waals surface area contributed by atoms with E-state index in [2.05, 4.69) is 16.9 Å². The average molecular weight is 122 g/mol. The number of allylic oxidation sites excluding steroid dienone is 2. The lowest BCUT2D eigenvalue weighted by molar-refractivity contribution is 1.25. The lowest BCUT2D eigenvalue weighted by atomic mass is 10.4. The molecule has 0 unspecified atom stereocenters. The van der Waals surface area contributed by atoms with Crippen molar-refractivity contribution >= 4 is 12.1 Å². The van der Waals surface area contributed by atoms with Crippen LogP contribution in [0.25, 0.3) is 0 Å². The molecule has 0 aliphatic carbocycles. The van der Waals surface area contributed by atoms with Crippen LogP contribution in [0.1, 0.15) is 20.3 Å². The maximum atomic E-state index is 4.18. The van der Waals surface area contributed by atoms with E-state index < -0.39 is 0 Å². The zero-order chi connectivity index (χ0) is 6.69. The lowest BCUT2D eigenvalue weighted by Gasteiger charge is -1.83. The Morgan fingerprint density at radius 1 is 1.67 bits per heavy atom. The van der Waals surface area contributed by atoms with Gasteiger partial charge in [0.1, 0.15) is 5.84 Å². The Bertz CT molecular complexity index is 187. The SMILES string of the molecule is CC=C1C=NC(CC)=N1. The van der Waals surface area contributed by atoms with Gasteiger partial charge in [0.2, 0.25) is 0 Å². The van der Waals surface area contributed by atoms with Crippen molar-refractivity contribution in [3.8, 4) is 0 Å². The van der Waals surface area contributed by atoms with E-state index in [1.165, 1.54) is 0 Å². The topological polar surface area (TPSA) is 24.7 Å². The molecule has 2 nitrogen and oxygen atoms in total. The molecule has 0 aromatic rings.